The molecular weight excluding hydrogens is 328 g/mol. The summed E-state index contributed by atoms with van der Waals surface area (Å²) in [5.41, 5.74) is 1.61. The number of hydrogen-bond donors (Lipinski definition) is 1. The van der Waals surface area contributed by atoms with E-state index >= 15 is 0 Å². The second-order valence-electron chi connectivity index (χ2n) is 5.07. The minimum Gasteiger partial charge on any atom is -0.467 e. The van der Waals surface area contributed by atoms with E-state index in [1.165, 1.54) is 19.2 Å². The number of nitrogens with one attached hydrogen (secondary N) is 1. The normalized spacial score (nSPS) is 11.2. The average Bonchev–Trinajstić information content (AvgIpc) is 2.60. The van der Waals surface area contributed by atoms with Crippen LogP contribution in [0, 0.1) is 11.3 Å². The van der Waals surface area contributed by atoms with Crippen molar-refractivity contribution in [2.45, 2.75) is 12.5 Å². The Labute approximate surface area is 144 Å². The molecule has 2 aromatic rings. The molecule has 0 saturated heterocycles. The zero-order valence-electron chi connectivity index (χ0n) is 13.0. The number of nitrogens with zero attached hydrogens (tertiary/aromatic N) is 1. The van der Waals surface area contributed by atoms with Gasteiger partial charge < -0.3 is 10.1 Å². The third kappa shape index (κ3) is 4.58. The van der Waals surface area contributed by atoms with Crippen LogP contribution in [-0.2, 0) is 16.0 Å². The molecule has 5 nitrogen and oxygen atoms in total. The lowest BCUT2D eigenvalue weighted by Crippen LogP contribution is -2.43. The highest BCUT2D eigenvalue weighted by Gasteiger charge is 2.22. The van der Waals surface area contributed by atoms with E-state index in [2.05, 4.69) is 5.32 Å². The third-order valence-corrected chi connectivity index (χ3v) is 3.63. The molecule has 122 valence electrons. The first-order valence-corrected chi connectivity index (χ1v) is 7.54. The zero-order valence-corrected chi connectivity index (χ0v) is 13.7. The lowest BCUT2D eigenvalue weighted by atomic mass is 10.1. The van der Waals surface area contributed by atoms with Crippen molar-refractivity contribution in [1.82, 2.24) is 5.32 Å². The number of carbonyl (C=O) groups is 2. The number of esters is 1. The maximum absolute atomic E-state index is 12.3. The number of nitriles is 1. The van der Waals surface area contributed by atoms with Crippen molar-refractivity contribution in [3.8, 4) is 6.07 Å². The van der Waals surface area contributed by atoms with E-state index in [0.29, 0.717) is 16.1 Å². The van der Waals surface area contributed by atoms with Gasteiger partial charge in [0, 0.05) is 17.0 Å². The Kier molecular flexibility index (Phi) is 5.94. The number of carbonyl (C=O) groups excluding carboxylic acids is 2. The molecule has 2 aromatic carbocycles. The van der Waals surface area contributed by atoms with E-state index in [1.807, 2.05) is 12.1 Å². The molecule has 0 radical (unpaired) electrons. The Balaban J connectivity index is 2.14. The van der Waals surface area contributed by atoms with Crippen LogP contribution in [0.4, 0.5) is 0 Å². The highest BCUT2D eigenvalue weighted by atomic mass is 35.5. The summed E-state index contributed by atoms with van der Waals surface area (Å²) < 4.78 is 4.76. The van der Waals surface area contributed by atoms with E-state index in [0.717, 1.165) is 5.56 Å². The Morgan fingerprint density at radius 3 is 2.54 bits per heavy atom. The fourth-order valence-electron chi connectivity index (χ4n) is 2.17. The predicted octanol–water partition coefficient (Wildman–Crippen LogP) is 2.73. The first-order valence-electron chi connectivity index (χ1n) is 7.17. The molecule has 0 fully saturated rings. The largest absolute Gasteiger partial charge is 0.467 e. The lowest BCUT2D eigenvalue weighted by Gasteiger charge is -2.17. The topological polar surface area (TPSA) is 79.2 Å². The summed E-state index contributed by atoms with van der Waals surface area (Å²) in [6, 6.07) is 14.3. The number of amides is 1. The maximum atomic E-state index is 12.3. The summed E-state index contributed by atoms with van der Waals surface area (Å²) in [6.07, 6.45) is 0.259. The van der Waals surface area contributed by atoms with Crippen molar-refractivity contribution < 1.29 is 14.3 Å². The summed E-state index contributed by atoms with van der Waals surface area (Å²) in [5, 5.41) is 12.0. The Morgan fingerprint density at radius 2 is 1.96 bits per heavy atom. The molecule has 0 aromatic heterocycles. The molecule has 0 aliphatic rings. The van der Waals surface area contributed by atoms with Gasteiger partial charge in [0.25, 0.3) is 5.91 Å². The molecule has 0 heterocycles. The van der Waals surface area contributed by atoms with E-state index in [1.54, 1.807) is 30.3 Å². The van der Waals surface area contributed by atoms with Crippen molar-refractivity contribution >= 4 is 23.5 Å². The van der Waals surface area contributed by atoms with E-state index in [4.69, 9.17) is 21.6 Å². The summed E-state index contributed by atoms with van der Waals surface area (Å²) in [7, 11) is 1.27. The van der Waals surface area contributed by atoms with Crippen molar-refractivity contribution in [1.29, 1.82) is 5.26 Å². The molecule has 24 heavy (non-hydrogen) atoms. The molecule has 0 spiro atoms. The van der Waals surface area contributed by atoms with Gasteiger partial charge in [0.15, 0.2) is 0 Å². The molecule has 6 heteroatoms. The van der Waals surface area contributed by atoms with Crippen LogP contribution in [-0.4, -0.2) is 25.0 Å². The van der Waals surface area contributed by atoms with Gasteiger partial charge >= 0.3 is 5.97 Å². The molecule has 0 aliphatic heterocycles. The molecular formula is C18H15ClN2O3. The van der Waals surface area contributed by atoms with Crippen LogP contribution in [0.25, 0.3) is 0 Å². The van der Waals surface area contributed by atoms with Crippen LogP contribution in [0.2, 0.25) is 5.02 Å². The van der Waals surface area contributed by atoms with Crippen molar-refractivity contribution in [2.75, 3.05) is 7.11 Å². The zero-order chi connectivity index (χ0) is 17.5. The standard InChI is InChI=1S/C18H15ClN2O3/c1-24-18(23)16(10-13-3-2-4-15(19)9-13)21-17(22)14-7-5-12(11-20)6-8-14/h2-9,16H,10H2,1H3,(H,21,22)/t16-/m1/s1. The Bertz CT molecular complexity index is 782. The number of ether oxygens (including phenoxy) is 1. The smallest absolute Gasteiger partial charge is 0.328 e. The minimum atomic E-state index is -0.836. The molecule has 0 unspecified atom stereocenters. The van der Waals surface area contributed by atoms with Gasteiger partial charge in [-0.3, -0.25) is 4.79 Å². The SMILES string of the molecule is COC(=O)[C@@H](Cc1cccc(Cl)c1)NC(=O)c1ccc(C#N)cc1. The summed E-state index contributed by atoms with van der Waals surface area (Å²) in [5.74, 6) is -0.964. The maximum Gasteiger partial charge on any atom is 0.328 e. The van der Waals surface area contributed by atoms with Crippen LogP contribution in [0.15, 0.2) is 48.5 Å². The van der Waals surface area contributed by atoms with Gasteiger partial charge in [-0.2, -0.15) is 5.26 Å². The molecule has 0 saturated carbocycles. The highest BCUT2D eigenvalue weighted by Crippen LogP contribution is 2.13. The summed E-state index contributed by atoms with van der Waals surface area (Å²) in [4.78, 5) is 24.3. The summed E-state index contributed by atoms with van der Waals surface area (Å²) in [6.45, 7) is 0. The molecule has 0 aliphatic carbocycles. The van der Waals surface area contributed by atoms with Gasteiger partial charge in [0.2, 0.25) is 0 Å². The van der Waals surface area contributed by atoms with Gasteiger partial charge in [0.1, 0.15) is 6.04 Å². The third-order valence-electron chi connectivity index (χ3n) is 3.40. The van der Waals surface area contributed by atoms with Gasteiger partial charge in [-0.05, 0) is 42.0 Å². The minimum absolute atomic E-state index is 0.259. The van der Waals surface area contributed by atoms with Crippen molar-refractivity contribution in [3.63, 3.8) is 0 Å². The molecule has 1 atom stereocenters. The van der Waals surface area contributed by atoms with Gasteiger partial charge in [-0.25, -0.2) is 4.79 Å². The second kappa shape index (κ2) is 8.14. The Hall–Kier alpha value is -2.84. The number of halogens is 1. The fraction of sp³-hybridized carbons (Fsp3) is 0.167. The Morgan fingerprint density at radius 1 is 1.25 bits per heavy atom. The first kappa shape index (κ1) is 17.5. The second-order valence-corrected chi connectivity index (χ2v) is 5.51. The van der Waals surface area contributed by atoms with Gasteiger partial charge in [-0.1, -0.05) is 23.7 Å². The monoisotopic (exact) mass is 342 g/mol. The molecule has 1 amide bonds. The van der Waals surface area contributed by atoms with Crippen molar-refractivity contribution in [2.24, 2.45) is 0 Å². The first-order chi connectivity index (χ1) is 11.5. The highest BCUT2D eigenvalue weighted by molar-refractivity contribution is 6.30. The van der Waals surface area contributed by atoms with Crippen LogP contribution < -0.4 is 5.32 Å². The van der Waals surface area contributed by atoms with E-state index in [9.17, 15) is 9.59 Å². The quantitative estimate of drug-likeness (QED) is 0.847. The van der Waals surface area contributed by atoms with Gasteiger partial charge in [0.05, 0.1) is 18.7 Å². The average molecular weight is 343 g/mol. The summed E-state index contributed by atoms with van der Waals surface area (Å²) >= 11 is 5.94. The van der Waals surface area contributed by atoms with E-state index < -0.39 is 17.9 Å². The number of rotatable bonds is 5. The number of methoxy groups -OCH3 is 1. The number of hydrogen-bond acceptors (Lipinski definition) is 4. The van der Waals surface area contributed by atoms with Crippen LogP contribution >= 0.6 is 11.6 Å². The van der Waals surface area contributed by atoms with Gasteiger partial charge in [-0.15, -0.1) is 0 Å². The van der Waals surface area contributed by atoms with Crippen molar-refractivity contribution in [3.05, 3.63) is 70.2 Å². The van der Waals surface area contributed by atoms with Crippen LogP contribution in [0.3, 0.4) is 0 Å². The molecule has 1 N–H and O–H groups in total. The van der Waals surface area contributed by atoms with Crippen LogP contribution in [0.5, 0.6) is 0 Å². The fourth-order valence-corrected chi connectivity index (χ4v) is 2.39. The van der Waals surface area contributed by atoms with E-state index in [-0.39, 0.29) is 6.42 Å². The molecule has 2 rings (SSSR count). The lowest BCUT2D eigenvalue weighted by molar-refractivity contribution is -0.142. The predicted molar refractivity (Wildman–Crippen MR) is 89.6 cm³/mol. The number of benzene rings is 2. The van der Waals surface area contributed by atoms with Crippen LogP contribution in [0.1, 0.15) is 21.5 Å². The molecule has 0 bridgehead atoms.